The number of carbonyl (C=O) groups is 1. The molecule has 0 bridgehead atoms. The van der Waals surface area contributed by atoms with Gasteiger partial charge in [-0.25, -0.2) is 9.78 Å². The van der Waals surface area contributed by atoms with Crippen LogP contribution in [-0.2, 0) is 6.61 Å². The molecule has 5 rings (SSSR count). The number of hydrogen-bond donors (Lipinski definition) is 1. The van der Waals surface area contributed by atoms with E-state index in [1.807, 2.05) is 0 Å². The van der Waals surface area contributed by atoms with Gasteiger partial charge in [-0.2, -0.15) is 0 Å². The van der Waals surface area contributed by atoms with E-state index in [0.29, 0.717) is 49.3 Å². The molecule has 1 aliphatic carbocycles. The number of ether oxygens (including phenoxy) is 1. The van der Waals surface area contributed by atoms with Gasteiger partial charge in [0.15, 0.2) is 0 Å². The van der Waals surface area contributed by atoms with Crippen LogP contribution < -0.4 is 4.74 Å². The average molecular weight is 540 g/mol. The number of nitrogens with zero attached hydrogens (tertiary/aromatic N) is 2. The molecule has 0 unspecified atom stereocenters. The lowest BCUT2D eigenvalue weighted by Crippen LogP contribution is -2.00. The molecule has 1 fully saturated rings. The molecular weight excluding hydrogens is 523 g/mol. The summed E-state index contributed by atoms with van der Waals surface area (Å²) in [5, 5.41) is 14.7. The van der Waals surface area contributed by atoms with Crippen molar-refractivity contribution in [3.05, 3.63) is 97.9 Å². The number of aromatic nitrogens is 2. The summed E-state index contributed by atoms with van der Waals surface area (Å²) in [5.41, 5.74) is 2.79. The first kappa shape index (κ1) is 24.2. The van der Waals surface area contributed by atoms with Crippen LogP contribution in [0.3, 0.4) is 0 Å². The van der Waals surface area contributed by atoms with Crippen molar-refractivity contribution in [2.45, 2.75) is 25.4 Å². The summed E-state index contributed by atoms with van der Waals surface area (Å²) in [6, 6.07) is 15.1. The first-order valence-corrected chi connectivity index (χ1v) is 12.1. The van der Waals surface area contributed by atoms with E-state index in [1.54, 1.807) is 48.5 Å². The van der Waals surface area contributed by atoms with E-state index >= 15 is 0 Å². The third-order valence-corrected chi connectivity index (χ3v) is 6.53. The van der Waals surface area contributed by atoms with Crippen molar-refractivity contribution in [2.75, 3.05) is 0 Å². The first-order valence-electron chi connectivity index (χ1n) is 11.0. The summed E-state index contributed by atoms with van der Waals surface area (Å²) in [7, 11) is 0. The van der Waals surface area contributed by atoms with Gasteiger partial charge in [0.25, 0.3) is 0 Å². The number of aromatic carboxylic acids is 1. The highest BCUT2D eigenvalue weighted by Crippen LogP contribution is 2.46. The van der Waals surface area contributed by atoms with Gasteiger partial charge in [-0.05, 0) is 55.2 Å². The van der Waals surface area contributed by atoms with E-state index in [-0.39, 0.29) is 12.3 Å². The summed E-state index contributed by atoms with van der Waals surface area (Å²) >= 11 is 19.3. The van der Waals surface area contributed by atoms with Crippen LogP contribution in [0.15, 0.2) is 59.1 Å². The van der Waals surface area contributed by atoms with Gasteiger partial charge in [-0.15, -0.1) is 0 Å². The van der Waals surface area contributed by atoms with Crippen LogP contribution in [-0.4, -0.2) is 21.2 Å². The molecule has 0 spiro atoms. The van der Waals surface area contributed by atoms with Crippen molar-refractivity contribution in [1.82, 2.24) is 10.1 Å². The monoisotopic (exact) mass is 538 g/mol. The predicted molar refractivity (Wildman–Crippen MR) is 137 cm³/mol. The van der Waals surface area contributed by atoms with Crippen molar-refractivity contribution < 1.29 is 19.2 Å². The maximum Gasteiger partial charge on any atom is 0.354 e. The van der Waals surface area contributed by atoms with Crippen molar-refractivity contribution in [1.29, 1.82) is 0 Å². The highest BCUT2D eigenvalue weighted by molar-refractivity contribution is 6.39. The van der Waals surface area contributed by atoms with Crippen molar-refractivity contribution in [3.8, 4) is 28.8 Å². The van der Waals surface area contributed by atoms with Crippen LogP contribution in [0, 0.1) is 11.8 Å². The van der Waals surface area contributed by atoms with E-state index in [9.17, 15) is 4.79 Å². The lowest BCUT2D eigenvalue weighted by molar-refractivity contribution is 0.0690. The molecule has 0 radical (unpaired) electrons. The van der Waals surface area contributed by atoms with Crippen LogP contribution in [0.1, 0.15) is 51.8 Å². The maximum atomic E-state index is 11.1. The van der Waals surface area contributed by atoms with E-state index in [4.69, 9.17) is 49.2 Å². The van der Waals surface area contributed by atoms with Gasteiger partial charge in [0.1, 0.15) is 35.2 Å². The Morgan fingerprint density at radius 1 is 1.03 bits per heavy atom. The van der Waals surface area contributed by atoms with Crippen LogP contribution in [0.4, 0.5) is 0 Å². The molecule has 6 nitrogen and oxygen atoms in total. The molecule has 4 aromatic rings. The molecular formula is C27H17Cl3N2O4. The molecule has 2 heterocycles. The molecule has 180 valence electrons. The molecule has 36 heavy (non-hydrogen) atoms. The van der Waals surface area contributed by atoms with Gasteiger partial charge in [0, 0.05) is 23.1 Å². The Morgan fingerprint density at radius 3 is 2.47 bits per heavy atom. The Labute approximate surface area is 221 Å². The normalized spacial score (nSPS) is 12.6. The molecule has 2 aromatic heterocycles. The number of hydrogen-bond acceptors (Lipinski definition) is 5. The number of benzene rings is 2. The molecule has 1 saturated carbocycles. The van der Waals surface area contributed by atoms with Gasteiger partial charge >= 0.3 is 5.97 Å². The summed E-state index contributed by atoms with van der Waals surface area (Å²) in [6.45, 7) is 0.194. The Bertz CT molecular complexity index is 1510. The van der Waals surface area contributed by atoms with E-state index in [0.717, 1.165) is 24.2 Å². The smallest absolute Gasteiger partial charge is 0.354 e. The van der Waals surface area contributed by atoms with Gasteiger partial charge in [-0.3, -0.25) is 0 Å². The molecule has 0 aliphatic heterocycles. The van der Waals surface area contributed by atoms with Gasteiger partial charge in [-0.1, -0.05) is 58.0 Å². The number of carboxylic acids is 1. The van der Waals surface area contributed by atoms with Gasteiger partial charge < -0.3 is 14.4 Å². The quantitative estimate of drug-likeness (QED) is 0.260. The Morgan fingerprint density at radius 2 is 1.78 bits per heavy atom. The first-order chi connectivity index (χ1) is 17.4. The second kappa shape index (κ2) is 10.2. The largest absolute Gasteiger partial charge is 0.489 e. The van der Waals surface area contributed by atoms with Gasteiger partial charge in [0.05, 0.1) is 20.6 Å². The summed E-state index contributed by atoms with van der Waals surface area (Å²) < 4.78 is 11.7. The number of pyridine rings is 1. The fraction of sp³-hybridized carbons (Fsp3) is 0.148. The summed E-state index contributed by atoms with van der Waals surface area (Å²) in [6.07, 6.45) is 2.06. The highest BCUT2D eigenvalue weighted by Gasteiger charge is 2.33. The van der Waals surface area contributed by atoms with E-state index in [2.05, 4.69) is 22.0 Å². The third kappa shape index (κ3) is 5.19. The van der Waals surface area contributed by atoms with Crippen molar-refractivity contribution >= 4 is 40.8 Å². The molecule has 9 heteroatoms. The zero-order valence-corrected chi connectivity index (χ0v) is 20.9. The van der Waals surface area contributed by atoms with Crippen LogP contribution in [0.2, 0.25) is 15.1 Å². The third-order valence-electron chi connectivity index (χ3n) is 5.58. The molecule has 0 amide bonds. The second-order valence-corrected chi connectivity index (χ2v) is 9.36. The molecule has 1 N–H and O–H groups in total. The highest BCUT2D eigenvalue weighted by atomic mass is 35.5. The minimum absolute atomic E-state index is 0.0756. The van der Waals surface area contributed by atoms with Crippen LogP contribution in [0.5, 0.6) is 5.75 Å². The average Bonchev–Trinajstić information content (AvgIpc) is 3.62. The topological polar surface area (TPSA) is 85.5 Å². The zero-order valence-electron chi connectivity index (χ0n) is 18.6. The minimum atomic E-state index is -1.11. The Kier molecular flexibility index (Phi) is 6.88. The van der Waals surface area contributed by atoms with Crippen molar-refractivity contribution in [3.63, 3.8) is 0 Å². The number of rotatable bonds is 6. The second-order valence-electron chi connectivity index (χ2n) is 8.14. The van der Waals surface area contributed by atoms with E-state index < -0.39 is 5.97 Å². The molecule has 1 aliphatic rings. The Hall–Kier alpha value is -3.50. The fourth-order valence-electron chi connectivity index (χ4n) is 3.65. The van der Waals surface area contributed by atoms with Crippen molar-refractivity contribution in [2.24, 2.45) is 0 Å². The van der Waals surface area contributed by atoms with Crippen LogP contribution in [0.25, 0.3) is 11.3 Å². The fourth-order valence-corrected chi connectivity index (χ4v) is 4.44. The number of carboxylic acid groups (broad SMARTS) is 1. The lowest BCUT2D eigenvalue weighted by Gasteiger charge is -2.10. The summed E-state index contributed by atoms with van der Waals surface area (Å²) in [4.78, 5) is 15.1. The maximum absolute atomic E-state index is 11.1. The lowest BCUT2D eigenvalue weighted by atomic mass is 10.0. The minimum Gasteiger partial charge on any atom is -0.489 e. The number of halogens is 3. The molecule has 0 atom stereocenters. The SMILES string of the molecule is O=C(O)c1cccc(C#Cc2ccc(OCc3c(-c4c(Cl)cccc4Cl)noc3C3CC3)cc2Cl)n1. The zero-order chi connectivity index (χ0) is 25.2. The standard InChI is InChI=1S/C27H17Cl3N2O4/c28-20-4-2-5-21(29)24(20)25-19(26(36-32-25)16-7-8-16)14-35-18-12-10-15(22(30)13-18)9-11-17-3-1-6-23(31-17)27(33)34/h1-6,10,12-13,16H,7-8,14H2,(H,33,34). The predicted octanol–water partition coefficient (Wildman–Crippen LogP) is 7.25. The summed E-state index contributed by atoms with van der Waals surface area (Å²) in [5.74, 6) is 6.27. The Balaban J connectivity index is 1.37. The molecule has 0 saturated heterocycles. The van der Waals surface area contributed by atoms with Gasteiger partial charge in [0.2, 0.25) is 0 Å². The van der Waals surface area contributed by atoms with Crippen LogP contribution >= 0.6 is 34.8 Å². The van der Waals surface area contributed by atoms with E-state index in [1.165, 1.54) is 6.07 Å². The molecule has 2 aromatic carbocycles.